The summed E-state index contributed by atoms with van der Waals surface area (Å²) in [7, 11) is 0. The third kappa shape index (κ3) is 1.70. The Morgan fingerprint density at radius 3 is 2.23 bits per heavy atom. The smallest absolute Gasteiger partial charge is 0.419 e. The van der Waals surface area contributed by atoms with Gasteiger partial charge in [0.1, 0.15) is 12.4 Å². The highest BCUT2D eigenvalue weighted by atomic mass is 17.0. The van der Waals surface area contributed by atoms with Crippen LogP contribution in [0.1, 0.15) is 13.8 Å². The van der Waals surface area contributed by atoms with Gasteiger partial charge in [0, 0.05) is 5.41 Å². The molecule has 4 heteroatoms. The zero-order chi connectivity index (χ0) is 9.53. The fourth-order valence-corrected chi connectivity index (χ4v) is 1.20. The SMILES string of the molecule is C=C1COC2(OCC(C)(C)CO2)O1. The number of hydrogen-bond donors (Lipinski definition) is 0. The van der Waals surface area contributed by atoms with E-state index >= 15 is 0 Å². The molecule has 0 aromatic carbocycles. The standard InChI is InChI=1S/C9H14O4/c1-7-4-10-9(13-7)11-5-8(2,3)6-12-9/h1,4-6H2,2-3H3. The Balaban J connectivity index is 2.01. The van der Waals surface area contributed by atoms with Gasteiger partial charge < -0.3 is 4.74 Å². The molecule has 0 aliphatic carbocycles. The van der Waals surface area contributed by atoms with Crippen molar-refractivity contribution < 1.29 is 18.9 Å². The lowest BCUT2D eigenvalue weighted by Gasteiger charge is -2.37. The Labute approximate surface area is 77.4 Å². The highest BCUT2D eigenvalue weighted by Crippen LogP contribution is 2.35. The summed E-state index contributed by atoms with van der Waals surface area (Å²) >= 11 is 0. The predicted molar refractivity (Wildman–Crippen MR) is 44.6 cm³/mol. The van der Waals surface area contributed by atoms with Crippen LogP contribution in [-0.4, -0.2) is 26.0 Å². The van der Waals surface area contributed by atoms with Crippen molar-refractivity contribution in [2.24, 2.45) is 5.41 Å². The van der Waals surface area contributed by atoms with Gasteiger partial charge in [-0.1, -0.05) is 20.4 Å². The van der Waals surface area contributed by atoms with Gasteiger partial charge in [-0.2, -0.15) is 0 Å². The molecule has 0 aromatic heterocycles. The summed E-state index contributed by atoms with van der Waals surface area (Å²) in [5.74, 6) is 0.541. The number of ether oxygens (including phenoxy) is 4. The summed E-state index contributed by atoms with van der Waals surface area (Å²) < 4.78 is 21.2. The van der Waals surface area contributed by atoms with Gasteiger partial charge in [-0.3, -0.25) is 14.2 Å². The van der Waals surface area contributed by atoms with E-state index in [0.29, 0.717) is 25.6 Å². The molecule has 2 fully saturated rings. The van der Waals surface area contributed by atoms with E-state index in [1.807, 2.05) is 0 Å². The summed E-state index contributed by atoms with van der Waals surface area (Å²) in [6.07, 6.45) is -1.30. The van der Waals surface area contributed by atoms with Crippen LogP contribution in [0.15, 0.2) is 12.3 Å². The van der Waals surface area contributed by atoms with Crippen LogP contribution in [0.3, 0.4) is 0 Å². The molecule has 0 radical (unpaired) electrons. The first-order valence-electron chi connectivity index (χ1n) is 4.30. The molecule has 2 aliphatic rings. The fraction of sp³-hybridized carbons (Fsp3) is 0.778. The minimum atomic E-state index is -1.30. The van der Waals surface area contributed by atoms with Crippen LogP contribution in [0, 0.1) is 5.41 Å². The second kappa shape index (κ2) is 2.70. The zero-order valence-electron chi connectivity index (χ0n) is 7.96. The molecule has 0 saturated carbocycles. The largest absolute Gasteiger partial charge is 0.461 e. The van der Waals surface area contributed by atoms with Crippen LogP contribution >= 0.6 is 0 Å². The second-order valence-corrected chi connectivity index (χ2v) is 4.17. The first-order chi connectivity index (χ1) is 6.02. The zero-order valence-corrected chi connectivity index (χ0v) is 7.96. The van der Waals surface area contributed by atoms with E-state index in [1.165, 1.54) is 0 Å². The first-order valence-corrected chi connectivity index (χ1v) is 4.30. The number of rotatable bonds is 0. The Hall–Kier alpha value is -0.580. The molecule has 0 amide bonds. The lowest BCUT2D eigenvalue weighted by atomic mass is 9.96. The molecule has 74 valence electrons. The molecule has 2 aliphatic heterocycles. The molecule has 2 rings (SSSR count). The van der Waals surface area contributed by atoms with Crippen molar-refractivity contribution in [3.63, 3.8) is 0 Å². The van der Waals surface area contributed by atoms with Crippen LogP contribution < -0.4 is 0 Å². The van der Waals surface area contributed by atoms with Crippen LogP contribution in [-0.2, 0) is 18.9 Å². The van der Waals surface area contributed by atoms with Crippen LogP contribution in [0.4, 0.5) is 0 Å². The molecule has 1 spiro atoms. The monoisotopic (exact) mass is 186 g/mol. The Morgan fingerprint density at radius 2 is 1.77 bits per heavy atom. The van der Waals surface area contributed by atoms with Gasteiger partial charge in [0.25, 0.3) is 0 Å². The van der Waals surface area contributed by atoms with Crippen molar-refractivity contribution >= 4 is 0 Å². The first kappa shape index (κ1) is 8.99. The highest BCUT2D eigenvalue weighted by molar-refractivity contribution is 4.88. The van der Waals surface area contributed by atoms with E-state index in [-0.39, 0.29) is 5.41 Å². The minimum Gasteiger partial charge on any atom is -0.419 e. The van der Waals surface area contributed by atoms with Crippen molar-refractivity contribution in [1.82, 2.24) is 0 Å². The summed E-state index contributed by atoms with van der Waals surface area (Å²) in [5.41, 5.74) is 0.0158. The predicted octanol–water partition coefficient (Wildman–Crippen LogP) is 1.23. The van der Waals surface area contributed by atoms with Crippen molar-refractivity contribution in [3.8, 4) is 0 Å². The summed E-state index contributed by atoms with van der Waals surface area (Å²) in [5, 5.41) is 0. The summed E-state index contributed by atoms with van der Waals surface area (Å²) in [6.45, 7) is 9.20. The van der Waals surface area contributed by atoms with Gasteiger partial charge in [-0.05, 0) is 0 Å². The lowest BCUT2D eigenvalue weighted by Crippen LogP contribution is -2.48. The van der Waals surface area contributed by atoms with Gasteiger partial charge in [0.2, 0.25) is 0 Å². The van der Waals surface area contributed by atoms with Gasteiger partial charge in [0.05, 0.1) is 13.2 Å². The molecule has 2 heterocycles. The summed E-state index contributed by atoms with van der Waals surface area (Å²) in [4.78, 5) is 0. The van der Waals surface area contributed by atoms with E-state index in [2.05, 4.69) is 20.4 Å². The molecular formula is C9H14O4. The van der Waals surface area contributed by atoms with Gasteiger partial charge in [-0.15, -0.1) is 0 Å². The van der Waals surface area contributed by atoms with Crippen LogP contribution in [0.2, 0.25) is 0 Å². The van der Waals surface area contributed by atoms with E-state index in [4.69, 9.17) is 18.9 Å². The Bertz CT molecular complexity index is 224. The molecule has 0 unspecified atom stereocenters. The molecule has 0 bridgehead atoms. The highest BCUT2D eigenvalue weighted by Gasteiger charge is 2.48. The number of hydrogen-bond acceptors (Lipinski definition) is 4. The quantitative estimate of drug-likeness (QED) is 0.570. The average Bonchev–Trinajstić information content (AvgIpc) is 2.41. The van der Waals surface area contributed by atoms with Gasteiger partial charge in [0.15, 0.2) is 0 Å². The molecule has 2 saturated heterocycles. The van der Waals surface area contributed by atoms with Gasteiger partial charge >= 0.3 is 6.16 Å². The second-order valence-electron chi connectivity index (χ2n) is 4.17. The van der Waals surface area contributed by atoms with Crippen molar-refractivity contribution in [1.29, 1.82) is 0 Å². The maximum atomic E-state index is 5.38. The molecule has 0 N–H and O–H groups in total. The van der Waals surface area contributed by atoms with Crippen molar-refractivity contribution in [2.75, 3.05) is 19.8 Å². The van der Waals surface area contributed by atoms with E-state index in [1.54, 1.807) is 0 Å². The molecule has 0 aromatic rings. The maximum absolute atomic E-state index is 5.38. The average molecular weight is 186 g/mol. The van der Waals surface area contributed by atoms with E-state index in [0.717, 1.165) is 0 Å². The molecule has 13 heavy (non-hydrogen) atoms. The fourth-order valence-electron chi connectivity index (χ4n) is 1.20. The van der Waals surface area contributed by atoms with E-state index < -0.39 is 6.16 Å². The maximum Gasteiger partial charge on any atom is 0.461 e. The lowest BCUT2D eigenvalue weighted by molar-refractivity contribution is -0.487. The normalized spacial score (nSPS) is 30.5. The van der Waals surface area contributed by atoms with Gasteiger partial charge in [-0.25, -0.2) is 0 Å². The van der Waals surface area contributed by atoms with Crippen LogP contribution in [0.5, 0.6) is 0 Å². The topological polar surface area (TPSA) is 36.9 Å². The third-order valence-corrected chi connectivity index (χ3v) is 1.96. The minimum absolute atomic E-state index is 0.0158. The molecular weight excluding hydrogens is 172 g/mol. The Morgan fingerprint density at radius 1 is 1.15 bits per heavy atom. The van der Waals surface area contributed by atoms with Crippen molar-refractivity contribution in [2.45, 2.75) is 20.0 Å². The van der Waals surface area contributed by atoms with Crippen LogP contribution in [0.25, 0.3) is 0 Å². The Kier molecular flexibility index (Phi) is 1.87. The molecule has 4 nitrogen and oxygen atoms in total. The summed E-state index contributed by atoms with van der Waals surface area (Å²) in [6, 6.07) is 0. The third-order valence-electron chi connectivity index (χ3n) is 1.96. The molecule has 0 atom stereocenters. The van der Waals surface area contributed by atoms with E-state index in [9.17, 15) is 0 Å². The van der Waals surface area contributed by atoms with Crippen molar-refractivity contribution in [3.05, 3.63) is 12.3 Å².